The van der Waals surface area contributed by atoms with Crippen LogP contribution in [0.2, 0.25) is 0 Å². The molecule has 0 aromatic heterocycles. The van der Waals surface area contributed by atoms with Crippen LogP contribution in [0.5, 0.6) is 0 Å². The van der Waals surface area contributed by atoms with E-state index in [1.807, 2.05) is 30.3 Å². The van der Waals surface area contributed by atoms with Gasteiger partial charge in [-0.1, -0.05) is 30.3 Å². The highest BCUT2D eigenvalue weighted by Gasteiger charge is 2.52. The Bertz CT molecular complexity index is 852. The Morgan fingerprint density at radius 2 is 1.79 bits per heavy atom. The molecule has 2 aliphatic heterocycles. The lowest BCUT2D eigenvalue weighted by atomic mass is 9.95. The van der Waals surface area contributed by atoms with E-state index in [0.717, 1.165) is 5.56 Å². The first-order valence-corrected chi connectivity index (χ1v) is 11.1. The van der Waals surface area contributed by atoms with Gasteiger partial charge in [0, 0.05) is 19.6 Å². The minimum absolute atomic E-state index is 0.191. The van der Waals surface area contributed by atoms with Crippen molar-refractivity contribution >= 4 is 17.8 Å². The molecule has 188 valence electrons. The Morgan fingerprint density at radius 1 is 1.09 bits per heavy atom. The van der Waals surface area contributed by atoms with Crippen molar-refractivity contribution in [2.75, 3.05) is 20.8 Å². The average molecular weight is 481 g/mol. The Labute approximate surface area is 198 Å². The van der Waals surface area contributed by atoms with Crippen LogP contribution in [0.1, 0.15) is 32.6 Å². The first kappa shape index (κ1) is 26.0. The second-order valence-electron chi connectivity index (χ2n) is 8.18. The maximum Gasteiger partial charge on any atom is 0.328 e. The van der Waals surface area contributed by atoms with Crippen molar-refractivity contribution < 1.29 is 42.8 Å². The van der Waals surface area contributed by atoms with Gasteiger partial charge in [0.1, 0.15) is 36.5 Å². The number of nitrogens with one attached hydrogen (secondary N) is 2. The molecule has 34 heavy (non-hydrogen) atoms. The van der Waals surface area contributed by atoms with E-state index in [4.69, 9.17) is 23.7 Å². The van der Waals surface area contributed by atoms with Gasteiger partial charge < -0.3 is 39.1 Å². The van der Waals surface area contributed by atoms with E-state index in [2.05, 4.69) is 15.4 Å². The molecule has 2 saturated heterocycles. The number of hydrogen-bond donors (Lipinski definition) is 2. The number of methoxy groups -OCH3 is 2. The van der Waals surface area contributed by atoms with Crippen LogP contribution in [0, 0.1) is 0 Å². The van der Waals surface area contributed by atoms with E-state index in [-0.39, 0.29) is 12.5 Å². The number of amides is 2. The summed E-state index contributed by atoms with van der Waals surface area (Å²) in [5, 5.41) is 5.35. The summed E-state index contributed by atoms with van der Waals surface area (Å²) in [6.45, 7) is 4.61. The number of ether oxygens (including phenoxy) is 6. The van der Waals surface area contributed by atoms with Gasteiger partial charge in [-0.3, -0.25) is 9.59 Å². The van der Waals surface area contributed by atoms with Gasteiger partial charge in [0.2, 0.25) is 11.8 Å². The van der Waals surface area contributed by atoms with Gasteiger partial charge in [-0.25, -0.2) is 4.79 Å². The first-order valence-electron chi connectivity index (χ1n) is 11.1. The highest BCUT2D eigenvalue weighted by atomic mass is 16.7. The van der Waals surface area contributed by atoms with Gasteiger partial charge in [0.05, 0.1) is 13.7 Å². The molecular weight excluding hydrogens is 448 g/mol. The molecule has 0 saturated carbocycles. The third kappa shape index (κ3) is 6.10. The topological polar surface area (TPSA) is 131 Å². The van der Waals surface area contributed by atoms with Gasteiger partial charge in [-0.15, -0.1) is 0 Å². The van der Waals surface area contributed by atoms with Crippen molar-refractivity contribution in [3.05, 3.63) is 35.9 Å². The van der Waals surface area contributed by atoms with E-state index in [0.29, 0.717) is 0 Å². The lowest BCUT2D eigenvalue weighted by molar-refractivity contribution is -0.347. The minimum Gasteiger partial charge on any atom is -0.467 e. The van der Waals surface area contributed by atoms with Gasteiger partial charge in [0.25, 0.3) is 0 Å². The molecule has 2 amide bonds. The standard InChI is InChI=1S/C23H32N2O9/c1-12(21(28)29-4)24-20(27)13(2)32-19-17(25-14(3)26)23(30-5)33-16-11-31-22(34-18(16)19)15-9-7-6-8-10-15/h6-10,12-13,16-19,22-23H,11H2,1-5H3,(H,24,27)(H,25,26)/t12-,13+,16+,17+,18+,19+,22+,23+/m0/s1. The van der Waals surface area contributed by atoms with Crippen LogP contribution in [0.15, 0.2) is 30.3 Å². The maximum absolute atomic E-state index is 12.7. The zero-order chi connectivity index (χ0) is 24.8. The monoisotopic (exact) mass is 480 g/mol. The van der Waals surface area contributed by atoms with Gasteiger partial charge >= 0.3 is 5.97 Å². The Morgan fingerprint density at radius 3 is 2.41 bits per heavy atom. The van der Waals surface area contributed by atoms with E-state index in [1.54, 1.807) is 6.92 Å². The number of hydrogen-bond acceptors (Lipinski definition) is 9. The zero-order valence-electron chi connectivity index (χ0n) is 19.9. The summed E-state index contributed by atoms with van der Waals surface area (Å²) in [4.78, 5) is 36.4. The molecule has 8 atom stereocenters. The number of carbonyl (C=O) groups excluding carboxylic acids is 3. The summed E-state index contributed by atoms with van der Waals surface area (Å²) in [6.07, 6.45) is -4.61. The fraction of sp³-hybridized carbons (Fsp3) is 0.609. The first-order chi connectivity index (χ1) is 16.2. The van der Waals surface area contributed by atoms with Crippen LogP contribution in [0.25, 0.3) is 0 Å². The Kier molecular flexibility index (Phi) is 8.97. The summed E-state index contributed by atoms with van der Waals surface area (Å²) in [5.74, 6) is -1.44. The second kappa shape index (κ2) is 11.7. The van der Waals surface area contributed by atoms with E-state index in [9.17, 15) is 14.4 Å². The molecule has 1 aromatic rings. The maximum atomic E-state index is 12.7. The number of carbonyl (C=O) groups is 3. The van der Waals surface area contributed by atoms with Crippen LogP contribution in [-0.2, 0) is 42.8 Å². The van der Waals surface area contributed by atoms with Crippen LogP contribution >= 0.6 is 0 Å². The lowest BCUT2D eigenvalue weighted by Crippen LogP contribution is -2.68. The minimum atomic E-state index is -0.994. The molecule has 2 fully saturated rings. The van der Waals surface area contributed by atoms with Crippen molar-refractivity contribution in [2.24, 2.45) is 0 Å². The van der Waals surface area contributed by atoms with Crippen LogP contribution in [-0.4, -0.2) is 81.4 Å². The molecule has 1 aromatic carbocycles. The Balaban J connectivity index is 1.83. The largest absolute Gasteiger partial charge is 0.467 e. The molecule has 0 unspecified atom stereocenters. The molecule has 0 radical (unpaired) electrons. The SMILES string of the molecule is COC(=O)[C@H](C)NC(=O)[C@@H](C)O[C@@H]1[C@@H](NC(C)=O)[C@H](OC)O[C@@H]2CO[C@@H](c3ccccc3)O[C@@H]12. The van der Waals surface area contributed by atoms with Crippen LogP contribution < -0.4 is 10.6 Å². The number of benzene rings is 1. The van der Waals surface area contributed by atoms with E-state index in [1.165, 1.54) is 28.1 Å². The molecule has 3 rings (SSSR count). The summed E-state index contributed by atoms with van der Waals surface area (Å²) in [7, 11) is 2.68. The average Bonchev–Trinajstić information content (AvgIpc) is 2.84. The quantitative estimate of drug-likeness (QED) is 0.509. The fourth-order valence-electron chi connectivity index (χ4n) is 3.97. The highest BCUT2D eigenvalue weighted by molar-refractivity contribution is 5.86. The van der Waals surface area contributed by atoms with E-state index < -0.39 is 61.0 Å². The normalized spacial score (nSPS) is 30.4. The van der Waals surface area contributed by atoms with Gasteiger partial charge in [0.15, 0.2) is 12.6 Å². The molecular formula is C23H32N2O9. The van der Waals surface area contributed by atoms with Crippen molar-refractivity contribution in [1.29, 1.82) is 0 Å². The van der Waals surface area contributed by atoms with Crippen molar-refractivity contribution in [3.63, 3.8) is 0 Å². The highest BCUT2D eigenvalue weighted by Crippen LogP contribution is 2.36. The number of fused-ring (bicyclic) bond motifs is 1. The molecule has 0 spiro atoms. The summed E-state index contributed by atoms with van der Waals surface area (Å²) in [6, 6.07) is 7.74. The number of rotatable bonds is 8. The second-order valence-corrected chi connectivity index (χ2v) is 8.18. The van der Waals surface area contributed by atoms with Crippen LogP contribution in [0.3, 0.4) is 0 Å². The molecule has 0 aliphatic carbocycles. The molecule has 0 bridgehead atoms. The Hall–Kier alpha value is -2.57. The molecule has 2 heterocycles. The summed E-state index contributed by atoms with van der Waals surface area (Å²) >= 11 is 0. The molecule has 11 heteroatoms. The predicted octanol–water partition coefficient (Wildman–Crippen LogP) is 0.428. The summed E-state index contributed by atoms with van der Waals surface area (Å²) < 4.78 is 34.3. The van der Waals surface area contributed by atoms with Crippen molar-refractivity contribution in [1.82, 2.24) is 10.6 Å². The van der Waals surface area contributed by atoms with E-state index >= 15 is 0 Å². The molecule has 2 aliphatic rings. The van der Waals surface area contributed by atoms with Crippen molar-refractivity contribution in [2.45, 2.75) is 69.9 Å². The predicted molar refractivity (Wildman–Crippen MR) is 117 cm³/mol. The fourth-order valence-corrected chi connectivity index (χ4v) is 3.97. The van der Waals surface area contributed by atoms with Crippen LogP contribution in [0.4, 0.5) is 0 Å². The summed E-state index contributed by atoms with van der Waals surface area (Å²) in [5.41, 5.74) is 0.808. The zero-order valence-corrected chi connectivity index (χ0v) is 19.9. The van der Waals surface area contributed by atoms with Crippen molar-refractivity contribution in [3.8, 4) is 0 Å². The lowest BCUT2D eigenvalue weighted by Gasteiger charge is -2.49. The molecule has 2 N–H and O–H groups in total. The number of esters is 1. The third-order valence-electron chi connectivity index (χ3n) is 5.66. The van der Waals surface area contributed by atoms with Gasteiger partial charge in [-0.05, 0) is 13.8 Å². The molecule has 11 nitrogen and oxygen atoms in total. The smallest absolute Gasteiger partial charge is 0.328 e. The third-order valence-corrected chi connectivity index (χ3v) is 5.66. The van der Waals surface area contributed by atoms with Gasteiger partial charge in [-0.2, -0.15) is 0 Å².